The molecular weight excluding hydrogens is 356 g/mol. The molecule has 0 aliphatic rings. The van der Waals surface area contributed by atoms with Crippen molar-refractivity contribution in [2.24, 2.45) is 17.6 Å². The first-order chi connectivity index (χ1) is 12.4. The average molecular weight is 388 g/mol. The van der Waals surface area contributed by atoms with Crippen LogP contribution in [0.2, 0.25) is 0 Å². The van der Waals surface area contributed by atoms with Gasteiger partial charge in [-0.2, -0.15) is 0 Å². The number of aliphatic hydroxyl groups excluding tert-OH is 1. The standard InChI is InChI=1S/C17H32N4O6/c1-6-9(4)12(18)15(24)21-13(8(2)3)16(25)19-7-11(23)20-14(10(5)22)17(26)27/h8-10,12-14,22H,6-7,18H2,1-5H3,(H,19,25)(H,20,23)(H,21,24)(H,26,27). The number of carboxylic acid groups (broad SMARTS) is 1. The van der Waals surface area contributed by atoms with E-state index in [1.807, 2.05) is 13.8 Å². The summed E-state index contributed by atoms with van der Waals surface area (Å²) in [6.45, 7) is 7.93. The van der Waals surface area contributed by atoms with Gasteiger partial charge in [0.1, 0.15) is 6.04 Å². The number of aliphatic hydroxyl groups is 1. The molecule has 0 radical (unpaired) electrons. The van der Waals surface area contributed by atoms with Crippen molar-refractivity contribution >= 4 is 23.7 Å². The molecule has 0 fully saturated rings. The predicted molar refractivity (Wildman–Crippen MR) is 98.5 cm³/mol. The Morgan fingerprint density at radius 3 is 1.93 bits per heavy atom. The van der Waals surface area contributed by atoms with E-state index in [2.05, 4.69) is 16.0 Å². The third-order valence-electron chi connectivity index (χ3n) is 4.29. The zero-order valence-corrected chi connectivity index (χ0v) is 16.5. The molecule has 7 N–H and O–H groups in total. The van der Waals surface area contributed by atoms with Crippen molar-refractivity contribution < 1.29 is 29.4 Å². The van der Waals surface area contributed by atoms with E-state index in [0.717, 1.165) is 0 Å². The maximum Gasteiger partial charge on any atom is 0.328 e. The summed E-state index contributed by atoms with van der Waals surface area (Å²) in [5.74, 6) is -3.53. The molecule has 0 heterocycles. The Bertz CT molecular complexity index is 538. The summed E-state index contributed by atoms with van der Waals surface area (Å²) in [5.41, 5.74) is 5.87. The molecule has 0 spiro atoms. The van der Waals surface area contributed by atoms with Crippen molar-refractivity contribution in [2.45, 2.75) is 65.3 Å². The molecule has 156 valence electrons. The smallest absolute Gasteiger partial charge is 0.328 e. The fourth-order valence-electron chi connectivity index (χ4n) is 2.19. The average Bonchev–Trinajstić information content (AvgIpc) is 2.59. The fourth-order valence-corrected chi connectivity index (χ4v) is 2.19. The van der Waals surface area contributed by atoms with Crippen LogP contribution in [0.4, 0.5) is 0 Å². The SMILES string of the molecule is CCC(C)C(N)C(=O)NC(C(=O)NCC(=O)NC(C(=O)O)C(C)O)C(C)C. The summed E-state index contributed by atoms with van der Waals surface area (Å²) in [6, 6.07) is -3.13. The van der Waals surface area contributed by atoms with Crippen LogP contribution in [-0.4, -0.2) is 64.7 Å². The highest BCUT2D eigenvalue weighted by Crippen LogP contribution is 2.08. The van der Waals surface area contributed by atoms with Crippen LogP contribution in [0.1, 0.15) is 41.0 Å². The zero-order chi connectivity index (χ0) is 21.3. The second kappa shape index (κ2) is 11.5. The zero-order valence-electron chi connectivity index (χ0n) is 16.5. The Balaban J connectivity index is 4.79. The lowest BCUT2D eigenvalue weighted by Crippen LogP contribution is -2.56. The quantitative estimate of drug-likeness (QED) is 0.252. The molecule has 0 aromatic carbocycles. The number of carboxylic acids is 1. The largest absolute Gasteiger partial charge is 0.480 e. The van der Waals surface area contributed by atoms with Crippen LogP contribution < -0.4 is 21.7 Å². The van der Waals surface area contributed by atoms with Crippen LogP contribution in [0, 0.1) is 11.8 Å². The summed E-state index contributed by atoms with van der Waals surface area (Å²) < 4.78 is 0. The molecule has 0 rings (SSSR count). The van der Waals surface area contributed by atoms with Gasteiger partial charge in [-0.3, -0.25) is 14.4 Å². The van der Waals surface area contributed by atoms with E-state index in [1.54, 1.807) is 13.8 Å². The van der Waals surface area contributed by atoms with Crippen LogP contribution in [0.15, 0.2) is 0 Å². The molecule has 0 aromatic rings. The lowest BCUT2D eigenvalue weighted by molar-refractivity contribution is -0.144. The highest BCUT2D eigenvalue weighted by atomic mass is 16.4. The van der Waals surface area contributed by atoms with Gasteiger partial charge in [0.2, 0.25) is 17.7 Å². The van der Waals surface area contributed by atoms with Crippen molar-refractivity contribution in [3.05, 3.63) is 0 Å². The van der Waals surface area contributed by atoms with Gasteiger partial charge in [-0.25, -0.2) is 4.79 Å². The molecule has 27 heavy (non-hydrogen) atoms. The molecule has 0 saturated heterocycles. The third kappa shape index (κ3) is 8.35. The topological polar surface area (TPSA) is 171 Å². The van der Waals surface area contributed by atoms with E-state index in [1.165, 1.54) is 6.92 Å². The summed E-state index contributed by atoms with van der Waals surface area (Å²) in [7, 11) is 0. The van der Waals surface area contributed by atoms with Gasteiger partial charge in [-0.05, 0) is 18.8 Å². The van der Waals surface area contributed by atoms with Crippen molar-refractivity contribution in [1.29, 1.82) is 0 Å². The van der Waals surface area contributed by atoms with Gasteiger partial charge in [-0.1, -0.05) is 34.1 Å². The Kier molecular flexibility index (Phi) is 10.6. The Labute approximate surface area is 159 Å². The molecule has 5 unspecified atom stereocenters. The fraction of sp³-hybridized carbons (Fsp3) is 0.765. The van der Waals surface area contributed by atoms with E-state index < -0.39 is 54.5 Å². The van der Waals surface area contributed by atoms with Gasteiger partial charge in [-0.15, -0.1) is 0 Å². The minimum absolute atomic E-state index is 0.0555. The Morgan fingerprint density at radius 2 is 1.52 bits per heavy atom. The number of nitrogens with two attached hydrogens (primary N) is 1. The van der Waals surface area contributed by atoms with Crippen molar-refractivity contribution in [3.63, 3.8) is 0 Å². The first kappa shape index (κ1) is 24.8. The number of hydrogen-bond donors (Lipinski definition) is 6. The van der Waals surface area contributed by atoms with Crippen LogP contribution in [0.3, 0.4) is 0 Å². The lowest BCUT2D eigenvalue weighted by Gasteiger charge is -2.25. The van der Waals surface area contributed by atoms with Gasteiger partial charge in [0, 0.05) is 0 Å². The number of carbonyl (C=O) groups excluding carboxylic acids is 3. The number of rotatable bonds is 11. The second-order valence-corrected chi connectivity index (χ2v) is 6.98. The van der Waals surface area contributed by atoms with Crippen LogP contribution in [0.25, 0.3) is 0 Å². The Hall–Kier alpha value is -2.20. The van der Waals surface area contributed by atoms with Crippen LogP contribution >= 0.6 is 0 Å². The maximum atomic E-state index is 12.3. The van der Waals surface area contributed by atoms with Gasteiger partial charge in [0.05, 0.1) is 18.7 Å². The molecule has 3 amide bonds. The first-order valence-electron chi connectivity index (χ1n) is 8.96. The van der Waals surface area contributed by atoms with E-state index in [9.17, 15) is 24.3 Å². The number of nitrogens with one attached hydrogen (secondary N) is 3. The van der Waals surface area contributed by atoms with Gasteiger partial charge in [0.25, 0.3) is 0 Å². The molecule has 10 nitrogen and oxygen atoms in total. The molecule has 0 aromatic heterocycles. The lowest BCUT2D eigenvalue weighted by atomic mass is 9.97. The molecule has 0 bridgehead atoms. The normalized spacial score (nSPS) is 16.6. The third-order valence-corrected chi connectivity index (χ3v) is 4.29. The molecular formula is C17H32N4O6. The van der Waals surface area contributed by atoms with Crippen molar-refractivity contribution in [2.75, 3.05) is 6.54 Å². The minimum atomic E-state index is -1.48. The second-order valence-electron chi connectivity index (χ2n) is 6.98. The van der Waals surface area contributed by atoms with E-state index in [-0.39, 0.29) is 11.8 Å². The summed E-state index contributed by atoms with van der Waals surface area (Å²) in [4.78, 5) is 47.3. The summed E-state index contributed by atoms with van der Waals surface area (Å²) in [6.07, 6.45) is -0.590. The molecule has 0 saturated carbocycles. The van der Waals surface area contributed by atoms with Crippen LogP contribution in [0.5, 0.6) is 0 Å². The van der Waals surface area contributed by atoms with Gasteiger partial charge in [0.15, 0.2) is 6.04 Å². The number of amides is 3. The van der Waals surface area contributed by atoms with Gasteiger partial charge >= 0.3 is 5.97 Å². The van der Waals surface area contributed by atoms with Crippen molar-refractivity contribution in [3.8, 4) is 0 Å². The monoisotopic (exact) mass is 388 g/mol. The molecule has 5 atom stereocenters. The minimum Gasteiger partial charge on any atom is -0.480 e. The molecule has 10 heteroatoms. The van der Waals surface area contributed by atoms with E-state index >= 15 is 0 Å². The molecule has 0 aliphatic heterocycles. The number of aliphatic carboxylic acids is 1. The van der Waals surface area contributed by atoms with Crippen molar-refractivity contribution in [1.82, 2.24) is 16.0 Å². The number of carbonyl (C=O) groups is 4. The maximum absolute atomic E-state index is 12.3. The number of hydrogen-bond acceptors (Lipinski definition) is 6. The van der Waals surface area contributed by atoms with E-state index in [4.69, 9.17) is 10.8 Å². The summed E-state index contributed by atoms with van der Waals surface area (Å²) >= 11 is 0. The predicted octanol–water partition coefficient (Wildman–Crippen LogP) is -1.43. The van der Waals surface area contributed by atoms with Gasteiger partial charge < -0.3 is 31.9 Å². The summed E-state index contributed by atoms with van der Waals surface area (Å²) in [5, 5.41) is 25.3. The highest BCUT2D eigenvalue weighted by Gasteiger charge is 2.29. The van der Waals surface area contributed by atoms with Crippen LogP contribution in [-0.2, 0) is 19.2 Å². The first-order valence-corrected chi connectivity index (χ1v) is 8.96. The van der Waals surface area contributed by atoms with E-state index in [0.29, 0.717) is 6.42 Å². The highest BCUT2D eigenvalue weighted by molar-refractivity contribution is 5.92. The molecule has 0 aliphatic carbocycles. The Morgan fingerprint density at radius 1 is 0.963 bits per heavy atom.